The SMILES string of the molecule is CSCOc1ncc(-c2ccc(Cl)cc2)c(-c2ccc(Cl)cc2Cl)n1. The smallest absolute Gasteiger partial charge is 0.317 e. The third-order valence-corrected chi connectivity index (χ3v) is 4.57. The van der Waals surface area contributed by atoms with Crippen LogP contribution in [0.2, 0.25) is 15.1 Å². The summed E-state index contributed by atoms with van der Waals surface area (Å²) in [4.78, 5) is 8.86. The summed E-state index contributed by atoms with van der Waals surface area (Å²) in [5.41, 5.74) is 3.20. The zero-order chi connectivity index (χ0) is 17.8. The van der Waals surface area contributed by atoms with Crippen LogP contribution in [0.15, 0.2) is 48.7 Å². The number of hydrogen-bond acceptors (Lipinski definition) is 4. The third kappa shape index (κ3) is 4.39. The number of hydrogen-bond donors (Lipinski definition) is 0. The molecule has 0 radical (unpaired) electrons. The van der Waals surface area contributed by atoms with Crippen LogP contribution in [0.25, 0.3) is 22.4 Å². The molecule has 2 aromatic carbocycles. The van der Waals surface area contributed by atoms with Crippen LogP contribution in [0.3, 0.4) is 0 Å². The van der Waals surface area contributed by atoms with Crippen LogP contribution in [-0.2, 0) is 0 Å². The van der Waals surface area contributed by atoms with Crippen molar-refractivity contribution in [3.05, 3.63) is 63.7 Å². The maximum Gasteiger partial charge on any atom is 0.317 e. The van der Waals surface area contributed by atoms with Crippen LogP contribution < -0.4 is 4.74 Å². The fourth-order valence-corrected chi connectivity index (χ4v) is 3.12. The van der Waals surface area contributed by atoms with Crippen molar-refractivity contribution in [3.8, 4) is 28.4 Å². The number of rotatable bonds is 5. The van der Waals surface area contributed by atoms with Gasteiger partial charge in [-0.2, -0.15) is 4.98 Å². The Hall–Kier alpha value is -1.46. The second-order valence-corrected chi connectivity index (χ2v) is 7.19. The quantitative estimate of drug-likeness (QED) is 0.451. The second kappa shape index (κ2) is 8.28. The minimum Gasteiger partial charge on any atom is -0.452 e. The Balaban J connectivity index is 2.15. The molecule has 0 unspecified atom stereocenters. The molecule has 0 N–H and O–H groups in total. The average Bonchev–Trinajstić information content (AvgIpc) is 2.61. The van der Waals surface area contributed by atoms with Crippen molar-refractivity contribution >= 4 is 46.6 Å². The fourth-order valence-electron chi connectivity index (χ4n) is 2.27. The van der Waals surface area contributed by atoms with Crippen LogP contribution in [0, 0.1) is 0 Å². The van der Waals surface area contributed by atoms with Gasteiger partial charge < -0.3 is 4.74 Å². The first-order valence-corrected chi connectivity index (χ1v) is 9.81. The van der Waals surface area contributed by atoms with E-state index in [9.17, 15) is 0 Å². The van der Waals surface area contributed by atoms with Crippen molar-refractivity contribution in [2.45, 2.75) is 0 Å². The molecule has 3 aromatic rings. The topological polar surface area (TPSA) is 35.0 Å². The zero-order valence-corrected chi connectivity index (χ0v) is 16.3. The minimum absolute atomic E-state index is 0.299. The van der Waals surface area contributed by atoms with Gasteiger partial charge in [-0.25, -0.2) is 4.98 Å². The van der Waals surface area contributed by atoms with Crippen molar-refractivity contribution in [2.24, 2.45) is 0 Å². The first-order chi connectivity index (χ1) is 12.1. The van der Waals surface area contributed by atoms with Gasteiger partial charge in [-0.15, -0.1) is 11.8 Å². The molecule has 0 spiro atoms. The maximum atomic E-state index is 6.39. The lowest BCUT2D eigenvalue weighted by molar-refractivity contribution is 0.361. The largest absolute Gasteiger partial charge is 0.452 e. The van der Waals surface area contributed by atoms with E-state index >= 15 is 0 Å². The lowest BCUT2D eigenvalue weighted by atomic mass is 10.0. The van der Waals surface area contributed by atoms with Gasteiger partial charge in [-0.05, 0) is 42.2 Å². The Morgan fingerprint density at radius 2 is 1.68 bits per heavy atom. The predicted molar refractivity (Wildman–Crippen MR) is 107 cm³/mol. The zero-order valence-electron chi connectivity index (χ0n) is 13.2. The molecule has 1 aromatic heterocycles. The molecule has 0 aliphatic heterocycles. The van der Waals surface area contributed by atoms with Gasteiger partial charge >= 0.3 is 6.01 Å². The van der Waals surface area contributed by atoms with Gasteiger partial charge in [0.2, 0.25) is 0 Å². The van der Waals surface area contributed by atoms with E-state index in [2.05, 4.69) is 9.97 Å². The number of nitrogens with zero attached hydrogens (tertiary/aromatic N) is 2. The summed E-state index contributed by atoms with van der Waals surface area (Å²) in [7, 11) is 0. The van der Waals surface area contributed by atoms with Crippen molar-refractivity contribution in [1.82, 2.24) is 9.97 Å². The summed E-state index contributed by atoms with van der Waals surface area (Å²) in [6.45, 7) is 0. The van der Waals surface area contributed by atoms with E-state index in [1.54, 1.807) is 30.1 Å². The molecule has 128 valence electrons. The Bertz CT molecular complexity index is 888. The summed E-state index contributed by atoms with van der Waals surface area (Å²) in [5.74, 6) is 0.466. The van der Waals surface area contributed by atoms with Crippen LogP contribution in [0.1, 0.15) is 0 Å². The van der Waals surface area contributed by atoms with Crippen molar-refractivity contribution in [2.75, 3.05) is 12.2 Å². The normalized spacial score (nSPS) is 10.7. The standard InChI is InChI=1S/C18H13Cl3N2OS/c1-25-10-24-18-22-9-15(11-2-4-12(19)5-3-11)17(23-18)14-7-6-13(20)8-16(14)21/h2-9H,10H2,1H3. The molecule has 0 aliphatic carbocycles. The Morgan fingerprint density at radius 3 is 2.36 bits per heavy atom. The minimum atomic E-state index is 0.299. The lowest BCUT2D eigenvalue weighted by Crippen LogP contribution is -2.00. The van der Waals surface area contributed by atoms with E-state index in [1.807, 2.05) is 36.6 Å². The Morgan fingerprint density at radius 1 is 0.960 bits per heavy atom. The molecule has 0 atom stereocenters. The van der Waals surface area contributed by atoms with Crippen molar-refractivity contribution < 1.29 is 4.74 Å². The Labute approximate surface area is 165 Å². The highest BCUT2D eigenvalue weighted by Gasteiger charge is 2.15. The second-order valence-electron chi connectivity index (χ2n) is 5.10. The number of ether oxygens (including phenoxy) is 1. The molecule has 0 bridgehead atoms. The van der Waals surface area contributed by atoms with Gasteiger partial charge in [0, 0.05) is 27.4 Å². The predicted octanol–water partition coefficient (Wildman–Crippen LogP) is 6.47. The van der Waals surface area contributed by atoms with Crippen LogP contribution in [0.4, 0.5) is 0 Å². The van der Waals surface area contributed by atoms with E-state index in [-0.39, 0.29) is 0 Å². The molecule has 0 amide bonds. The lowest BCUT2D eigenvalue weighted by Gasteiger charge is -2.12. The van der Waals surface area contributed by atoms with Crippen LogP contribution >= 0.6 is 46.6 Å². The highest BCUT2D eigenvalue weighted by molar-refractivity contribution is 7.98. The number of benzene rings is 2. The highest BCUT2D eigenvalue weighted by Crippen LogP contribution is 2.36. The third-order valence-electron chi connectivity index (χ3n) is 3.41. The van der Waals surface area contributed by atoms with Gasteiger partial charge in [0.05, 0.1) is 10.7 Å². The summed E-state index contributed by atoms with van der Waals surface area (Å²) < 4.78 is 5.54. The first kappa shape index (κ1) is 18.3. The monoisotopic (exact) mass is 410 g/mol. The van der Waals surface area contributed by atoms with E-state index in [0.29, 0.717) is 32.7 Å². The Kier molecular flexibility index (Phi) is 6.07. The number of halogens is 3. The summed E-state index contributed by atoms with van der Waals surface area (Å²) in [6, 6.07) is 13.1. The summed E-state index contributed by atoms with van der Waals surface area (Å²) in [6.07, 6.45) is 3.67. The molecule has 0 aliphatic rings. The fraction of sp³-hybridized carbons (Fsp3) is 0.111. The van der Waals surface area contributed by atoms with Gasteiger partial charge in [0.1, 0.15) is 5.94 Å². The molecular formula is C18H13Cl3N2OS. The molecule has 1 heterocycles. The van der Waals surface area contributed by atoms with Gasteiger partial charge in [0.15, 0.2) is 0 Å². The molecule has 0 saturated heterocycles. The molecule has 7 heteroatoms. The maximum absolute atomic E-state index is 6.39. The molecule has 0 saturated carbocycles. The summed E-state index contributed by atoms with van der Waals surface area (Å²) in [5, 5.41) is 1.74. The van der Waals surface area contributed by atoms with E-state index in [0.717, 1.165) is 16.7 Å². The molecule has 0 fully saturated rings. The number of thioether (sulfide) groups is 1. The first-order valence-electron chi connectivity index (χ1n) is 7.28. The molecule has 25 heavy (non-hydrogen) atoms. The molecular weight excluding hydrogens is 399 g/mol. The van der Waals surface area contributed by atoms with E-state index < -0.39 is 0 Å². The van der Waals surface area contributed by atoms with Gasteiger partial charge in [-0.3, -0.25) is 0 Å². The molecule has 3 rings (SSSR count). The van der Waals surface area contributed by atoms with Crippen molar-refractivity contribution in [3.63, 3.8) is 0 Å². The van der Waals surface area contributed by atoms with Gasteiger partial charge in [-0.1, -0.05) is 46.9 Å². The van der Waals surface area contributed by atoms with Gasteiger partial charge in [0.25, 0.3) is 0 Å². The number of aromatic nitrogens is 2. The van der Waals surface area contributed by atoms with Crippen LogP contribution in [-0.4, -0.2) is 22.2 Å². The molecule has 3 nitrogen and oxygen atoms in total. The van der Waals surface area contributed by atoms with E-state index in [1.165, 1.54) is 0 Å². The average molecular weight is 412 g/mol. The summed E-state index contributed by atoms with van der Waals surface area (Å²) >= 11 is 20.0. The van der Waals surface area contributed by atoms with Crippen LogP contribution in [0.5, 0.6) is 6.01 Å². The van der Waals surface area contributed by atoms with E-state index in [4.69, 9.17) is 39.5 Å². The highest BCUT2D eigenvalue weighted by atomic mass is 35.5. The van der Waals surface area contributed by atoms with Crippen molar-refractivity contribution in [1.29, 1.82) is 0 Å².